The Bertz CT molecular complexity index is 613. The molecule has 0 aromatic heterocycles. The molecule has 0 spiro atoms. The Morgan fingerprint density at radius 2 is 1.90 bits per heavy atom. The van der Waals surface area contributed by atoms with Crippen molar-refractivity contribution >= 4 is 11.6 Å². The molecule has 0 fully saturated rings. The first-order valence-electron chi connectivity index (χ1n) is 6.48. The molecule has 4 heteroatoms. The lowest BCUT2D eigenvalue weighted by Crippen LogP contribution is -2.23. The average molecular weight is 296 g/mol. The molecular formula is C16H16ClF2N. The van der Waals surface area contributed by atoms with Crippen molar-refractivity contribution in [1.29, 1.82) is 0 Å². The average Bonchev–Trinajstić information content (AvgIpc) is 2.40. The lowest BCUT2D eigenvalue weighted by molar-refractivity contribution is 0.541. The summed E-state index contributed by atoms with van der Waals surface area (Å²) in [6.07, 6.45) is 0. The zero-order valence-corrected chi connectivity index (χ0v) is 12.1. The minimum absolute atomic E-state index is 0.390. The van der Waals surface area contributed by atoms with Gasteiger partial charge in [-0.15, -0.1) is 0 Å². The van der Waals surface area contributed by atoms with E-state index in [-0.39, 0.29) is 0 Å². The highest BCUT2D eigenvalue weighted by atomic mass is 35.5. The van der Waals surface area contributed by atoms with Gasteiger partial charge in [0.05, 0.1) is 6.04 Å². The highest BCUT2D eigenvalue weighted by molar-refractivity contribution is 6.32. The maximum absolute atomic E-state index is 14.0. The molecule has 0 aliphatic rings. The van der Waals surface area contributed by atoms with Crippen LogP contribution in [0, 0.1) is 18.6 Å². The molecule has 1 nitrogen and oxygen atoms in total. The summed E-state index contributed by atoms with van der Waals surface area (Å²) >= 11 is 6.32. The second-order valence-corrected chi connectivity index (χ2v) is 5.01. The lowest BCUT2D eigenvalue weighted by atomic mass is 9.96. The number of halogens is 3. The third-order valence-electron chi connectivity index (χ3n) is 3.21. The van der Waals surface area contributed by atoms with E-state index in [1.165, 1.54) is 12.1 Å². The van der Waals surface area contributed by atoms with Crippen LogP contribution in [-0.4, -0.2) is 6.54 Å². The van der Waals surface area contributed by atoms with E-state index >= 15 is 0 Å². The van der Waals surface area contributed by atoms with Crippen LogP contribution >= 0.6 is 11.6 Å². The normalized spacial score (nSPS) is 12.4. The molecule has 0 heterocycles. The highest BCUT2D eigenvalue weighted by Crippen LogP contribution is 2.31. The second-order valence-electron chi connectivity index (χ2n) is 4.63. The van der Waals surface area contributed by atoms with E-state index in [9.17, 15) is 8.78 Å². The fourth-order valence-corrected chi connectivity index (χ4v) is 2.46. The number of nitrogens with one attached hydrogen (secondary N) is 1. The molecule has 20 heavy (non-hydrogen) atoms. The topological polar surface area (TPSA) is 12.0 Å². The zero-order chi connectivity index (χ0) is 14.7. The van der Waals surface area contributed by atoms with Crippen molar-refractivity contribution in [3.63, 3.8) is 0 Å². The largest absolute Gasteiger partial charge is 0.306 e. The minimum atomic E-state index is -0.586. The molecule has 0 saturated heterocycles. The van der Waals surface area contributed by atoms with Gasteiger partial charge in [0.2, 0.25) is 0 Å². The van der Waals surface area contributed by atoms with Crippen molar-refractivity contribution in [2.45, 2.75) is 19.9 Å². The Morgan fingerprint density at radius 3 is 2.55 bits per heavy atom. The van der Waals surface area contributed by atoms with Crippen LogP contribution in [0.2, 0.25) is 5.02 Å². The monoisotopic (exact) mass is 295 g/mol. The van der Waals surface area contributed by atoms with Gasteiger partial charge in [-0.05, 0) is 30.7 Å². The quantitative estimate of drug-likeness (QED) is 0.867. The first-order chi connectivity index (χ1) is 9.54. The summed E-state index contributed by atoms with van der Waals surface area (Å²) in [4.78, 5) is 0. The van der Waals surface area contributed by atoms with Crippen LogP contribution in [0.1, 0.15) is 29.7 Å². The Hall–Kier alpha value is -1.45. The number of hydrogen-bond donors (Lipinski definition) is 1. The van der Waals surface area contributed by atoms with Gasteiger partial charge in [-0.25, -0.2) is 8.78 Å². The molecule has 0 aliphatic carbocycles. The summed E-state index contributed by atoms with van der Waals surface area (Å²) in [5.41, 5.74) is 2.11. The van der Waals surface area contributed by atoms with E-state index in [0.717, 1.165) is 17.2 Å². The third kappa shape index (κ3) is 3.00. The molecule has 0 amide bonds. The van der Waals surface area contributed by atoms with E-state index in [0.29, 0.717) is 17.1 Å². The van der Waals surface area contributed by atoms with Gasteiger partial charge in [-0.3, -0.25) is 0 Å². The molecule has 0 bridgehead atoms. The van der Waals surface area contributed by atoms with E-state index in [4.69, 9.17) is 11.6 Å². The summed E-state index contributed by atoms with van der Waals surface area (Å²) < 4.78 is 27.1. The van der Waals surface area contributed by atoms with Crippen molar-refractivity contribution in [1.82, 2.24) is 5.32 Å². The van der Waals surface area contributed by atoms with Crippen molar-refractivity contribution in [2.75, 3.05) is 6.54 Å². The van der Waals surface area contributed by atoms with Crippen molar-refractivity contribution < 1.29 is 8.78 Å². The maximum atomic E-state index is 14.0. The van der Waals surface area contributed by atoms with Crippen LogP contribution in [-0.2, 0) is 0 Å². The molecule has 1 unspecified atom stereocenters. The van der Waals surface area contributed by atoms with Crippen molar-refractivity contribution in [3.05, 3.63) is 69.7 Å². The maximum Gasteiger partial charge on any atom is 0.131 e. The SMILES string of the molecule is CCNC(c1ccc(F)cc1F)c1cccc(C)c1Cl. The van der Waals surface area contributed by atoms with E-state index in [1.807, 2.05) is 32.0 Å². The fraction of sp³-hybridized carbons (Fsp3) is 0.250. The van der Waals surface area contributed by atoms with Gasteiger partial charge in [0.15, 0.2) is 0 Å². The van der Waals surface area contributed by atoms with Gasteiger partial charge in [0.1, 0.15) is 11.6 Å². The second kappa shape index (κ2) is 6.33. The van der Waals surface area contributed by atoms with Gasteiger partial charge >= 0.3 is 0 Å². The Labute approximate surface area is 122 Å². The molecular weight excluding hydrogens is 280 g/mol. The number of rotatable bonds is 4. The van der Waals surface area contributed by atoms with Gasteiger partial charge in [-0.1, -0.05) is 42.8 Å². The van der Waals surface area contributed by atoms with Gasteiger partial charge in [-0.2, -0.15) is 0 Å². The summed E-state index contributed by atoms with van der Waals surface area (Å²) in [5.74, 6) is -1.16. The van der Waals surface area contributed by atoms with Crippen LogP contribution in [0.15, 0.2) is 36.4 Å². The zero-order valence-electron chi connectivity index (χ0n) is 11.4. The van der Waals surface area contributed by atoms with Crippen LogP contribution in [0.3, 0.4) is 0 Å². The highest BCUT2D eigenvalue weighted by Gasteiger charge is 2.20. The smallest absolute Gasteiger partial charge is 0.131 e. The molecule has 2 aromatic carbocycles. The van der Waals surface area contributed by atoms with Crippen molar-refractivity contribution in [3.8, 4) is 0 Å². The molecule has 0 aliphatic heterocycles. The van der Waals surface area contributed by atoms with Crippen LogP contribution < -0.4 is 5.32 Å². The molecule has 106 valence electrons. The summed E-state index contributed by atoms with van der Waals surface area (Å²) in [7, 11) is 0. The van der Waals surface area contributed by atoms with Crippen LogP contribution in [0.4, 0.5) is 8.78 Å². The standard InChI is InChI=1S/C16H16ClF2N/c1-3-20-16(12-8-7-11(18)9-14(12)19)13-6-4-5-10(2)15(13)17/h4-9,16,20H,3H2,1-2H3. The molecule has 1 atom stereocenters. The third-order valence-corrected chi connectivity index (χ3v) is 3.73. The molecule has 2 rings (SSSR count). The van der Waals surface area contributed by atoms with E-state index < -0.39 is 17.7 Å². The molecule has 1 N–H and O–H groups in total. The predicted molar refractivity (Wildman–Crippen MR) is 78.1 cm³/mol. The Kier molecular flexibility index (Phi) is 4.73. The summed E-state index contributed by atoms with van der Waals surface area (Å²) in [6, 6.07) is 8.84. The van der Waals surface area contributed by atoms with E-state index in [1.54, 1.807) is 0 Å². The Morgan fingerprint density at radius 1 is 1.15 bits per heavy atom. The number of hydrogen-bond acceptors (Lipinski definition) is 1. The van der Waals surface area contributed by atoms with Gasteiger partial charge < -0.3 is 5.32 Å². The van der Waals surface area contributed by atoms with Crippen LogP contribution in [0.25, 0.3) is 0 Å². The first-order valence-corrected chi connectivity index (χ1v) is 6.85. The predicted octanol–water partition coefficient (Wildman–Crippen LogP) is 4.63. The molecule has 0 radical (unpaired) electrons. The minimum Gasteiger partial charge on any atom is -0.306 e. The molecule has 2 aromatic rings. The Balaban J connectivity index is 2.53. The van der Waals surface area contributed by atoms with E-state index in [2.05, 4.69) is 5.32 Å². The lowest BCUT2D eigenvalue weighted by Gasteiger charge is -2.21. The van der Waals surface area contributed by atoms with Gasteiger partial charge in [0, 0.05) is 16.7 Å². The van der Waals surface area contributed by atoms with Crippen molar-refractivity contribution in [2.24, 2.45) is 0 Å². The van der Waals surface area contributed by atoms with Crippen LogP contribution in [0.5, 0.6) is 0 Å². The fourth-order valence-electron chi connectivity index (χ4n) is 2.22. The molecule has 0 saturated carbocycles. The van der Waals surface area contributed by atoms with Gasteiger partial charge in [0.25, 0.3) is 0 Å². The number of benzene rings is 2. The summed E-state index contributed by atoms with van der Waals surface area (Å²) in [5, 5.41) is 3.80. The number of aryl methyl sites for hydroxylation is 1. The summed E-state index contributed by atoms with van der Waals surface area (Å²) in [6.45, 7) is 4.47. The first kappa shape index (κ1) is 14.9.